The number of phenols is 1. The van der Waals surface area contributed by atoms with E-state index in [0.717, 1.165) is 5.56 Å². The van der Waals surface area contributed by atoms with Crippen molar-refractivity contribution in [2.75, 3.05) is 0 Å². The first-order chi connectivity index (χ1) is 9.59. The third-order valence-corrected chi connectivity index (χ3v) is 2.43. The fourth-order valence-corrected chi connectivity index (χ4v) is 1.38. The zero-order valence-electron chi connectivity index (χ0n) is 10.9. The molecule has 0 aliphatic carbocycles. The van der Waals surface area contributed by atoms with Crippen molar-refractivity contribution in [3.63, 3.8) is 0 Å². The van der Waals surface area contributed by atoms with Crippen LogP contribution in [-0.2, 0) is 11.2 Å². The van der Waals surface area contributed by atoms with Gasteiger partial charge in [0.25, 0.3) is 0 Å². The lowest BCUT2D eigenvalue weighted by atomic mass is 10.1. The predicted molar refractivity (Wildman–Crippen MR) is 78.0 cm³/mol. The molecule has 5 heteroatoms. The van der Waals surface area contributed by atoms with Crippen LogP contribution in [0.25, 0.3) is 0 Å². The minimum atomic E-state index is -1.02. The number of allylic oxidation sites excluding steroid dienone is 4. The summed E-state index contributed by atoms with van der Waals surface area (Å²) in [7, 11) is 0. The van der Waals surface area contributed by atoms with Crippen molar-refractivity contribution < 1.29 is 15.0 Å². The van der Waals surface area contributed by atoms with Gasteiger partial charge >= 0.3 is 5.97 Å². The van der Waals surface area contributed by atoms with Crippen molar-refractivity contribution in [3.8, 4) is 5.75 Å². The number of hydrogen-bond acceptors (Lipinski definition) is 4. The molecule has 1 unspecified atom stereocenters. The van der Waals surface area contributed by atoms with Crippen LogP contribution in [0, 0.1) is 0 Å². The van der Waals surface area contributed by atoms with Crippen LogP contribution in [0.2, 0.25) is 0 Å². The maximum absolute atomic E-state index is 10.4. The second-order valence-electron chi connectivity index (χ2n) is 4.09. The molecule has 0 fully saturated rings. The minimum Gasteiger partial charge on any atom is -0.508 e. The van der Waals surface area contributed by atoms with Gasteiger partial charge in [-0.3, -0.25) is 4.79 Å². The highest BCUT2D eigenvalue weighted by Gasteiger charge is 2.11. The van der Waals surface area contributed by atoms with Crippen molar-refractivity contribution in [1.82, 2.24) is 5.32 Å². The SMILES string of the molecule is C1=CC=CNC=C1.NC(Cc1ccc(O)cc1)C(=O)O. The second kappa shape index (κ2) is 8.55. The molecule has 0 saturated heterocycles. The van der Waals surface area contributed by atoms with E-state index in [9.17, 15) is 4.79 Å². The molecule has 1 aliphatic rings. The van der Waals surface area contributed by atoms with Gasteiger partial charge in [-0.15, -0.1) is 0 Å². The molecule has 0 bridgehead atoms. The first-order valence-electron chi connectivity index (χ1n) is 6.10. The lowest BCUT2D eigenvalue weighted by Gasteiger charge is -2.05. The highest BCUT2D eigenvalue weighted by molar-refractivity contribution is 5.73. The number of benzene rings is 1. The minimum absolute atomic E-state index is 0.160. The Morgan fingerprint density at radius 2 is 1.65 bits per heavy atom. The molecule has 0 saturated carbocycles. The first kappa shape index (κ1) is 15.5. The molecule has 0 amide bonds. The summed E-state index contributed by atoms with van der Waals surface area (Å²) in [5.41, 5.74) is 6.12. The van der Waals surface area contributed by atoms with Crippen LogP contribution in [-0.4, -0.2) is 22.2 Å². The molecule has 1 heterocycles. The van der Waals surface area contributed by atoms with E-state index in [1.165, 1.54) is 12.1 Å². The molecule has 106 valence electrons. The first-order valence-corrected chi connectivity index (χ1v) is 6.10. The van der Waals surface area contributed by atoms with Crippen LogP contribution in [0.1, 0.15) is 5.56 Å². The number of carboxylic acids is 1. The largest absolute Gasteiger partial charge is 0.508 e. The van der Waals surface area contributed by atoms with E-state index in [-0.39, 0.29) is 12.2 Å². The monoisotopic (exact) mass is 274 g/mol. The summed E-state index contributed by atoms with van der Waals surface area (Å²) in [5.74, 6) is -0.860. The highest BCUT2D eigenvalue weighted by atomic mass is 16.4. The van der Waals surface area contributed by atoms with Gasteiger partial charge in [-0.05, 0) is 36.3 Å². The van der Waals surface area contributed by atoms with Gasteiger partial charge < -0.3 is 21.3 Å². The molecule has 0 spiro atoms. The molecule has 0 radical (unpaired) electrons. The molecule has 1 aromatic carbocycles. The maximum Gasteiger partial charge on any atom is 0.320 e. The lowest BCUT2D eigenvalue weighted by molar-refractivity contribution is -0.138. The molecular weight excluding hydrogens is 256 g/mol. The Balaban J connectivity index is 0.000000240. The molecule has 5 nitrogen and oxygen atoms in total. The molecule has 1 aromatic rings. The summed E-state index contributed by atoms with van der Waals surface area (Å²) >= 11 is 0. The van der Waals surface area contributed by atoms with E-state index in [4.69, 9.17) is 15.9 Å². The summed E-state index contributed by atoms with van der Waals surface area (Å²) < 4.78 is 0. The van der Waals surface area contributed by atoms with Crippen molar-refractivity contribution >= 4 is 5.97 Å². The predicted octanol–water partition coefficient (Wildman–Crippen LogP) is 1.52. The third-order valence-electron chi connectivity index (χ3n) is 2.43. The Labute approximate surface area is 117 Å². The molecule has 20 heavy (non-hydrogen) atoms. The highest BCUT2D eigenvalue weighted by Crippen LogP contribution is 2.10. The number of carboxylic acid groups (broad SMARTS) is 1. The van der Waals surface area contributed by atoms with Gasteiger partial charge in [0.1, 0.15) is 11.8 Å². The molecule has 5 N–H and O–H groups in total. The number of hydrogen-bond donors (Lipinski definition) is 4. The van der Waals surface area contributed by atoms with E-state index < -0.39 is 12.0 Å². The quantitative estimate of drug-likeness (QED) is 0.670. The Bertz CT molecular complexity index is 490. The Hall–Kier alpha value is -2.53. The van der Waals surface area contributed by atoms with Crippen LogP contribution in [0.15, 0.2) is 61.0 Å². The summed E-state index contributed by atoms with van der Waals surface area (Å²) in [6, 6.07) is 5.42. The summed E-state index contributed by atoms with van der Waals surface area (Å²) in [6.07, 6.45) is 11.8. The Kier molecular flexibility index (Phi) is 6.64. The Morgan fingerprint density at radius 3 is 2.15 bits per heavy atom. The van der Waals surface area contributed by atoms with Gasteiger partial charge in [0.15, 0.2) is 0 Å². The van der Waals surface area contributed by atoms with Gasteiger partial charge in [-0.1, -0.05) is 24.3 Å². The molecule has 0 aromatic heterocycles. The van der Waals surface area contributed by atoms with Crippen molar-refractivity contribution in [1.29, 1.82) is 0 Å². The normalized spacial score (nSPS) is 13.7. The number of nitrogens with one attached hydrogen (secondary N) is 1. The average Bonchev–Trinajstić information content (AvgIpc) is 2.74. The third kappa shape index (κ3) is 6.42. The second-order valence-corrected chi connectivity index (χ2v) is 4.09. The van der Waals surface area contributed by atoms with E-state index in [1.54, 1.807) is 12.1 Å². The van der Waals surface area contributed by atoms with Crippen LogP contribution in [0.3, 0.4) is 0 Å². The zero-order valence-corrected chi connectivity index (χ0v) is 10.9. The van der Waals surface area contributed by atoms with Gasteiger partial charge in [0, 0.05) is 12.4 Å². The lowest BCUT2D eigenvalue weighted by Crippen LogP contribution is -2.32. The van der Waals surface area contributed by atoms with Crippen LogP contribution >= 0.6 is 0 Å². The van der Waals surface area contributed by atoms with Crippen LogP contribution in [0.4, 0.5) is 0 Å². The average molecular weight is 274 g/mol. The molecule has 2 rings (SSSR count). The fourth-order valence-electron chi connectivity index (χ4n) is 1.38. The van der Waals surface area contributed by atoms with Crippen LogP contribution < -0.4 is 11.1 Å². The summed E-state index contributed by atoms with van der Waals surface area (Å²) in [6.45, 7) is 0. The van der Waals surface area contributed by atoms with E-state index in [1.807, 2.05) is 36.7 Å². The van der Waals surface area contributed by atoms with Crippen molar-refractivity contribution in [3.05, 3.63) is 66.5 Å². The maximum atomic E-state index is 10.4. The number of carbonyl (C=O) groups is 1. The van der Waals surface area contributed by atoms with E-state index in [2.05, 4.69) is 5.32 Å². The van der Waals surface area contributed by atoms with Crippen molar-refractivity contribution in [2.45, 2.75) is 12.5 Å². The standard InChI is InChI=1S/C9H11NO3.C6H7N/c10-8(9(12)13)5-6-1-3-7(11)4-2-6;1-2-4-6-7-5-3-1/h1-4,8,11H,5,10H2,(H,12,13);1-7H. The smallest absolute Gasteiger partial charge is 0.320 e. The van der Waals surface area contributed by atoms with E-state index in [0.29, 0.717) is 0 Å². The van der Waals surface area contributed by atoms with Gasteiger partial charge in [-0.25, -0.2) is 0 Å². The zero-order chi connectivity index (χ0) is 14.8. The topological polar surface area (TPSA) is 95.6 Å². The van der Waals surface area contributed by atoms with Gasteiger partial charge in [0.2, 0.25) is 0 Å². The Morgan fingerprint density at radius 1 is 1.10 bits per heavy atom. The van der Waals surface area contributed by atoms with Gasteiger partial charge in [0.05, 0.1) is 0 Å². The number of aliphatic carboxylic acids is 1. The number of nitrogens with two attached hydrogens (primary N) is 1. The molecule has 1 aliphatic heterocycles. The fraction of sp³-hybridized carbons (Fsp3) is 0.133. The van der Waals surface area contributed by atoms with Crippen molar-refractivity contribution in [2.24, 2.45) is 5.73 Å². The number of phenolic OH excluding ortho intramolecular Hbond substituents is 1. The van der Waals surface area contributed by atoms with E-state index >= 15 is 0 Å². The number of aromatic hydroxyl groups is 1. The summed E-state index contributed by atoms with van der Waals surface area (Å²) in [5, 5.41) is 20.4. The summed E-state index contributed by atoms with van der Waals surface area (Å²) in [4.78, 5) is 10.4. The molecular formula is C15H18N2O3. The van der Waals surface area contributed by atoms with Crippen LogP contribution in [0.5, 0.6) is 5.75 Å². The van der Waals surface area contributed by atoms with Gasteiger partial charge in [-0.2, -0.15) is 0 Å². The number of rotatable bonds is 3. The molecule has 1 atom stereocenters.